The summed E-state index contributed by atoms with van der Waals surface area (Å²) < 4.78 is 5.52. The lowest BCUT2D eigenvalue weighted by molar-refractivity contribution is -0.113. The van der Waals surface area contributed by atoms with Crippen LogP contribution in [0.15, 0.2) is 83.2 Å². The number of aliphatic imine (C=N–C) groups is 1. The van der Waals surface area contributed by atoms with Gasteiger partial charge in [-0.15, -0.1) is 0 Å². The molecular weight excluding hydrogens is 534 g/mol. The molecule has 1 saturated heterocycles. The van der Waals surface area contributed by atoms with Gasteiger partial charge in [-0.05, 0) is 84.1 Å². The van der Waals surface area contributed by atoms with Crippen molar-refractivity contribution in [2.24, 2.45) is 4.99 Å². The van der Waals surface area contributed by atoms with Crippen LogP contribution in [-0.2, 0) is 4.79 Å². The number of ether oxygens (including phenoxy) is 1. The van der Waals surface area contributed by atoms with Crippen molar-refractivity contribution >= 4 is 86.7 Å². The fourth-order valence-electron chi connectivity index (χ4n) is 3.09. The maximum absolute atomic E-state index is 13.4. The first-order chi connectivity index (χ1) is 16.4. The highest BCUT2D eigenvalue weighted by Gasteiger charge is 2.35. The largest absolute Gasteiger partial charge is 0.486 e. The molecule has 3 aromatic carbocycles. The first-order valence-corrected chi connectivity index (χ1v) is 12.2. The lowest BCUT2D eigenvalue weighted by atomic mass is 10.2. The van der Waals surface area contributed by atoms with Crippen molar-refractivity contribution in [3.05, 3.63) is 104 Å². The van der Waals surface area contributed by atoms with Crippen molar-refractivity contribution in [3.8, 4) is 5.75 Å². The van der Waals surface area contributed by atoms with Crippen LogP contribution in [0.2, 0.25) is 20.1 Å². The molecule has 34 heavy (non-hydrogen) atoms. The van der Waals surface area contributed by atoms with Gasteiger partial charge in [0.15, 0.2) is 10.9 Å². The maximum Gasteiger partial charge on any atom is 0.271 e. The van der Waals surface area contributed by atoms with Crippen LogP contribution in [0.5, 0.6) is 5.75 Å². The third-order valence-electron chi connectivity index (χ3n) is 4.61. The van der Waals surface area contributed by atoms with Crippen LogP contribution in [0.25, 0.3) is 6.08 Å². The Labute approximate surface area is 221 Å². The van der Waals surface area contributed by atoms with Crippen LogP contribution in [0, 0.1) is 0 Å². The van der Waals surface area contributed by atoms with Gasteiger partial charge in [-0.25, -0.2) is 4.99 Å². The number of amides is 1. The molecule has 0 atom stereocenters. The molecule has 1 aliphatic heterocycles. The Balaban J connectivity index is 1.73. The number of halogens is 4. The average molecular weight is 550 g/mol. The van der Waals surface area contributed by atoms with E-state index in [2.05, 4.69) is 11.6 Å². The van der Waals surface area contributed by atoms with E-state index < -0.39 is 0 Å². The molecule has 4 nitrogen and oxygen atoms in total. The summed E-state index contributed by atoms with van der Waals surface area (Å²) >= 11 is 26.0. The highest BCUT2D eigenvalue weighted by molar-refractivity contribution is 8.19. The molecule has 0 unspecified atom stereocenters. The Morgan fingerprint density at radius 2 is 1.53 bits per heavy atom. The molecule has 1 heterocycles. The zero-order valence-corrected chi connectivity index (χ0v) is 21.3. The van der Waals surface area contributed by atoms with Crippen molar-refractivity contribution in [2.75, 3.05) is 11.5 Å². The monoisotopic (exact) mass is 548 g/mol. The fraction of sp³-hybridized carbons (Fsp3) is 0.0400. The molecule has 0 radical (unpaired) electrons. The van der Waals surface area contributed by atoms with Gasteiger partial charge in [0.2, 0.25) is 0 Å². The predicted octanol–water partition coefficient (Wildman–Crippen LogP) is 8.67. The number of rotatable bonds is 6. The second-order valence-electron chi connectivity index (χ2n) is 7.01. The Morgan fingerprint density at radius 3 is 2.12 bits per heavy atom. The summed E-state index contributed by atoms with van der Waals surface area (Å²) in [4.78, 5) is 20.1. The normalized spacial score (nSPS) is 15.9. The molecule has 0 spiro atoms. The minimum absolute atomic E-state index is 0.237. The number of hydrogen-bond acceptors (Lipinski definition) is 4. The fourth-order valence-corrected chi connectivity index (χ4v) is 4.95. The average Bonchev–Trinajstić information content (AvgIpc) is 3.10. The van der Waals surface area contributed by atoms with Crippen LogP contribution in [0.1, 0.15) is 5.56 Å². The van der Waals surface area contributed by atoms with Gasteiger partial charge in [0.25, 0.3) is 5.91 Å². The summed E-state index contributed by atoms with van der Waals surface area (Å²) in [5.74, 6) is 0.128. The molecule has 0 saturated carbocycles. The Morgan fingerprint density at radius 1 is 0.941 bits per heavy atom. The molecule has 4 rings (SSSR count). The lowest BCUT2D eigenvalue weighted by Gasteiger charge is -2.15. The highest BCUT2D eigenvalue weighted by atomic mass is 35.5. The van der Waals surface area contributed by atoms with Gasteiger partial charge in [-0.3, -0.25) is 9.69 Å². The van der Waals surface area contributed by atoms with Crippen molar-refractivity contribution < 1.29 is 9.53 Å². The molecule has 172 valence electrons. The summed E-state index contributed by atoms with van der Waals surface area (Å²) in [5.41, 5.74) is 1.96. The van der Waals surface area contributed by atoms with E-state index >= 15 is 0 Å². The maximum atomic E-state index is 13.4. The van der Waals surface area contributed by atoms with Crippen LogP contribution in [0.3, 0.4) is 0 Å². The smallest absolute Gasteiger partial charge is 0.271 e. The molecule has 9 heteroatoms. The van der Waals surface area contributed by atoms with Crippen molar-refractivity contribution in [1.29, 1.82) is 0 Å². The van der Waals surface area contributed by atoms with E-state index in [4.69, 9.17) is 51.1 Å². The molecule has 0 aromatic heterocycles. The van der Waals surface area contributed by atoms with Crippen molar-refractivity contribution in [1.82, 2.24) is 0 Å². The zero-order valence-electron chi connectivity index (χ0n) is 17.5. The number of benzene rings is 3. The third kappa shape index (κ3) is 5.62. The van der Waals surface area contributed by atoms with Gasteiger partial charge in [-0.2, -0.15) is 0 Å². The Bertz CT molecular complexity index is 1280. The van der Waals surface area contributed by atoms with Crippen LogP contribution in [-0.4, -0.2) is 17.7 Å². The van der Waals surface area contributed by atoms with Gasteiger partial charge in [0.05, 0.1) is 26.3 Å². The van der Waals surface area contributed by atoms with Crippen LogP contribution < -0.4 is 9.64 Å². The molecule has 1 aliphatic rings. The zero-order chi connectivity index (χ0) is 24.2. The van der Waals surface area contributed by atoms with E-state index in [9.17, 15) is 4.79 Å². The Kier molecular flexibility index (Phi) is 7.91. The molecule has 3 aromatic rings. The topological polar surface area (TPSA) is 41.9 Å². The third-order valence-corrected chi connectivity index (χ3v) is 6.64. The minimum Gasteiger partial charge on any atom is -0.486 e. The van der Waals surface area contributed by atoms with E-state index in [1.165, 1.54) is 16.7 Å². The molecule has 0 bridgehead atoms. The van der Waals surface area contributed by atoms with Gasteiger partial charge in [0, 0.05) is 10.0 Å². The van der Waals surface area contributed by atoms with E-state index in [0.717, 1.165) is 0 Å². The van der Waals surface area contributed by atoms with E-state index in [1.54, 1.807) is 72.8 Å². The number of anilines is 1. The molecule has 0 aliphatic carbocycles. The van der Waals surface area contributed by atoms with Crippen LogP contribution in [0.4, 0.5) is 11.4 Å². The number of nitrogens with zero attached hydrogens (tertiary/aromatic N) is 2. The van der Waals surface area contributed by atoms with Gasteiger partial charge < -0.3 is 4.74 Å². The van der Waals surface area contributed by atoms with Gasteiger partial charge in [0.1, 0.15) is 6.61 Å². The summed E-state index contributed by atoms with van der Waals surface area (Å²) in [6.45, 7) is 3.89. The number of carbonyl (C=O) groups is 1. The first kappa shape index (κ1) is 24.7. The predicted molar refractivity (Wildman–Crippen MR) is 145 cm³/mol. The molecule has 0 N–H and O–H groups in total. The number of carbonyl (C=O) groups excluding carboxylic acids is 1. The number of hydrogen-bond donors (Lipinski definition) is 0. The standard InChI is InChI=1S/C25H16Cl4N2O2S/c1-2-11-33-23-20(28)12-15(13-21(23)29)14-22-24(32)31(19-9-5-17(27)6-10-19)25(34-22)30-18-7-3-16(26)4-8-18/h2-10,12-14H,1,11H2/b22-14-,30-25?. The molecule has 1 amide bonds. The van der Waals surface area contributed by atoms with Crippen molar-refractivity contribution in [3.63, 3.8) is 0 Å². The quantitative estimate of drug-likeness (QED) is 0.228. The SMILES string of the molecule is C=CCOc1c(Cl)cc(/C=C2\SC(=Nc3ccc(Cl)cc3)N(c3ccc(Cl)cc3)C2=O)cc1Cl. The van der Waals surface area contributed by atoms with Crippen molar-refractivity contribution in [2.45, 2.75) is 0 Å². The highest BCUT2D eigenvalue weighted by Crippen LogP contribution is 2.40. The summed E-state index contributed by atoms with van der Waals surface area (Å²) in [6.07, 6.45) is 3.32. The second kappa shape index (κ2) is 10.9. The van der Waals surface area contributed by atoms with E-state index in [1.807, 2.05) is 0 Å². The van der Waals surface area contributed by atoms with Gasteiger partial charge in [-0.1, -0.05) is 59.1 Å². The first-order valence-electron chi connectivity index (χ1n) is 9.92. The number of thioether (sulfide) groups is 1. The van der Waals surface area contributed by atoms with E-state index in [-0.39, 0.29) is 12.5 Å². The summed E-state index contributed by atoms with van der Waals surface area (Å²) in [5, 5.41) is 2.33. The molecule has 1 fully saturated rings. The number of amidine groups is 1. The van der Waals surface area contributed by atoms with E-state index in [0.29, 0.717) is 52.9 Å². The molecular formula is C25H16Cl4N2O2S. The Hall–Kier alpha value is -2.41. The lowest BCUT2D eigenvalue weighted by Crippen LogP contribution is -2.28. The summed E-state index contributed by atoms with van der Waals surface area (Å²) in [7, 11) is 0. The second-order valence-corrected chi connectivity index (χ2v) is 9.71. The summed E-state index contributed by atoms with van der Waals surface area (Å²) in [6, 6.07) is 17.4. The van der Waals surface area contributed by atoms with Crippen LogP contribution >= 0.6 is 58.2 Å². The minimum atomic E-state index is -0.237. The van der Waals surface area contributed by atoms with Gasteiger partial charge >= 0.3 is 0 Å².